The number of nitrogens with zero attached hydrogens (tertiary/aromatic N) is 2. The molecule has 16 heavy (non-hydrogen) atoms. The number of ether oxygens (including phenoxy) is 1. The predicted octanol–water partition coefficient (Wildman–Crippen LogP) is 3.25. The van der Waals surface area contributed by atoms with Crippen molar-refractivity contribution in [3.05, 3.63) is 45.2 Å². The standard InChI is InChI=1S/C11H7ClN2OS/c12-10-8(6-13)3-4-14-11(10)15-7-9-2-1-5-16-9/h1-5H,7H2. The average Bonchev–Trinajstić information content (AvgIpc) is 2.81. The van der Waals surface area contributed by atoms with E-state index in [2.05, 4.69) is 4.98 Å². The largest absolute Gasteiger partial charge is 0.471 e. The van der Waals surface area contributed by atoms with Crippen LogP contribution in [-0.2, 0) is 6.61 Å². The molecule has 2 rings (SSSR count). The summed E-state index contributed by atoms with van der Waals surface area (Å²) in [4.78, 5) is 5.07. The molecule has 0 aromatic carbocycles. The van der Waals surface area contributed by atoms with E-state index in [4.69, 9.17) is 21.6 Å². The van der Waals surface area contributed by atoms with Gasteiger partial charge in [0, 0.05) is 11.1 Å². The van der Waals surface area contributed by atoms with E-state index in [1.54, 1.807) is 17.4 Å². The zero-order valence-corrected chi connectivity index (χ0v) is 9.76. The SMILES string of the molecule is N#Cc1ccnc(OCc2cccs2)c1Cl. The van der Waals surface area contributed by atoms with Crippen molar-refractivity contribution in [1.82, 2.24) is 4.98 Å². The molecule has 0 aliphatic heterocycles. The number of rotatable bonds is 3. The Balaban J connectivity index is 2.13. The molecule has 2 heterocycles. The number of hydrogen-bond donors (Lipinski definition) is 0. The van der Waals surface area contributed by atoms with Crippen LogP contribution in [0.3, 0.4) is 0 Å². The van der Waals surface area contributed by atoms with E-state index in [9.17, 15) is 0 Å². The summed E-state index contributed by atoms with van der Waals surface area (Å²) in [6.07, 6.45) is 1.51. The number of nitriles is 1. The summed E-state index contributed by atoms with van der Waals surface area (Å²) in [5.74, 6) is 0.300. The molecule has 0 bridgehead atoms. The van der Waals surface area contributed by atoms with Gasteiger partial charge in [-0.15, -0.1) is 11.3 Å². The van der Waals surface area contributed by atoms with Gasteiger partial charge in [-0.05, 0) is 17.5 Å². The second-order valence-electron chi connectivity index (χ2n) is 2.96. The van der Waals surface area contributed by atoms with Crippen molar-refractivity contribution in [1.29, 1.82) is 5.26 Å². The highest BCUT2D eigenvalue weighted by molar-refractivity contribution is 7.09. The molecule has 0 atom stereocenters. The molecule has 0 saturated heterocycles. The van der Waals surface area contributed by atoms with Crippen LogP contribution in [0.15, 0.2) is 29.8 Å². The number of aromatic nitrogens is 1. The third kappa shape index (κ3) is 2.32. The van der Waals surface area contributed by atoms with Gasteiger partial charge in [-0.3, -0.25) is 0 Å². The van der Waals surface area contributed by atoms with Crippen LogP contribution >= 0.6 is 22.9 Å². The van der Waals surface area contributed by atoms with Crippen LogP contribution < -0.4 is 4.74 Å². The first kappa shape index (κ1) is 10.9. The minimum absolute atomic E-state index is 0.265. The van der Waals surface area contributed by atoms with Gasteiger partial charge in [0.15, 0.2) is 0 Å². The summed E-state index contributed by atoms with van der Waals surface area (Å²) in [6.45, 7) is 0.416. The number of thiophene rings is 1. The molecule has 0 spiro atoms. The van der Waals surface area contributed by atoms with Crippen LogP contribution in [0.4, 0.5) is 0 Å². The lowest BCUT2D eigenvalue weighted by Gasteiger charge is -2.05. The van der Waals surface area contributed by atoms with Crippen molar-refractivity contribution < 1.29 is 4.74 Å². The van der Waals surface area contributed by atoms with Gasteiger partial charge in [-0.1, -0.05) is 17.7 Å². The third-order valence-corrected chi connectivity index (χ3v) is 3.12. The molecule has 0 unspecified atom stereocenters. The minimum atomic E-state index is 0.265. The van der Waals surface area contributed by atoms with E-state index in [-0.39, 0.29) is 5.02 Å². The molecular formula is C11H7ClN2OS. The van der Waals surface area contributed by atoms with Gasteiger partial charge in [-0.25, -0.2) is 4.98 Å². The lowest BCUT2D eigenvalue weighted by atomic mass is 10.3. The second-order valence-corrected chi connectivity index (χ2v) is 4.37. The van der Waals surface area contributed by atoms with Gasteiger partial charge in [0.05, 0.1) is 5.56 Å². The summed E-state index contributed by atoms with van der Waals surface area (Å²) in [5, 5.41) is 11.0. The lowest BCUT2D eigenvalue weighted by molar-refractivity contribution is 0.297. The van der Waals surface area contributed by atoms with Crippen LogP contribution in [0.25, 0.3) is 0 Å². The van der Waals surface area contributed by atoms with Crippen molar-refractivity contribution in [2.24, 2.45) is 0 Å². The third-order valence-electron chi connectivity index (χ3n) is 1.91. The first-order valence-electron chi connectivity index (χ1n) is 4.51. The molecule has 80 valence electrons. The van der Waals surface area contributed by atoms with Gasteiger partial charge < -0.3 is 4.74 Å². The Kier molecular flexibility index (Phi) is 3.40. The fourth-order valence-electron chi connectivity index (χ4n) is 1.15. The van der Waals surface area contributed by atoms with Crippen molar-refractivity contribution in [3.63, 3.8) is 0 Å². The summed E-state index contributed by atoms with van der Waals surface area (Å²) in [7, 11) is 0. The molecular weight excluding hydrogens is 244 g/mol. The molecule has 0 radical (unpaired) electrons. The zero-order chi connectivity index (χ0) is 11.4. The Morgan fingerprint density at radius 1 is 1.50 bits per heavy atom. The van der Waals surface area contributed by atoms with Crippen molar-refractivity contribution in [2.45, 2.75) is 6.61 Å². The average molecular weight is 251 g/mol. The van der Waals surface area contributed by atoms with Crippen LogP contribution in [-0.4, -0.2) is 4.98 Å². The normalized spacial score (nSPS) is 9.75. The smallest absolute Gasteiger partial charge is 0.234 e. The van der Waals surface area contributed by atoms with Crippen LogP contribution in [0.2, 0.25) is 5.02 Å². The summed E-state index contributed by atoms with van der Waals surface area (Å²) < 4.78 is 5.44. The Labute approximate surface area is 102 Å². The summed E-state index contributed by atoms with van der Waals surface area (Å²) >= 11 is 7.54. The van der Waals surface area contributed by atoms with E-state index in [0.717, 1.165) is 4.88 Å². The Bertz CT molecular complexity index is 519. The number of halogens is 1. The Morgan fingerprint density at radius 2 is 2.38 bits per heavy atom. The van der Waals surface area contributed by atoms with Gasteiger partial charge in [0.25, 0.3) is 0 Å². The molecule has 3 nitrogen and oxygen atoms in total. The van der Waals surface area contributed by atoms with Gasteiger partial charge in [0.1, 0.15) is 17.7 Å². The quantitative estimate of drug-likeness (QED) is 0.840. The maximum Gasteiger partial charge on any atom is 0.234 e. The highest BCUT2D eigenvalue weighted by Crippen LogP contribution is 2.25. The van der Waals surface area contributed by atoms with Gasteiger partial charge >= 0.3 is 0 Å². The molecule has 0 aliphatic carbocycles. The van der Waals surface area contributed by atoms with Crippen molar-refractivity contribution >= 4 is 22.9 Å². The molecule has 0 aliphatic rings. The topological polar surface area (TPSA) is 45.9 Å². The molecule has 5 heteroatoms. The summed E-state index contributed by atoms with van der Waals surface area (Å²) in [6, 6.07) is 7.45. The monoisotopic (exact) mass is 250 g/mol. The van der Waals surface area contributed by atoms with Crippen LogP contribution in [0.5, 0.6) is 5.88 Å². The highest BCUT2D eigenvalue weighted by Gasteiger charge is 2.08. The van der Waals surface area contributed by atoms with Gasteiger partial charge in [-0.2, -0.15) is 5.26 Å². The minimum Gasteiger partial charge on any atom is -0.471 e. The van der Waals surface area contributed by atoms with E-state index in [1.165, 1.54) is 6.20 Å². The zero-order valence-electron chi connectivity index (χ0n) is 8.18. The molecule has 0 N–H and O–H groups in total. The number of pyridine rings is 1. The molecule has 0 fully saturated rings. The Hall–Kier alpha value is -1.57. The van der Waals surface area contributed by atoms with Crippen LogP contribution in [0, 0.1) is 11.3 Å². The van der Waals surface area contributed by atoms with E-state index in [0.29, 0.717) is 18.1 Å². The summed E-state index contributed by atoms with van der Waals surface area (Å²) in [5.41, 5.74) is 0.373. The molecule has 2 aromatic heterocycles. The van der Waals surface area contributed by atoms with E-state index in [1.807, 2.05) is 23.6 Å². The Morgan fingerprint density at radius 3 is 3.06 bits per heavy atom. The molecule has 0 saturated carbocycles. The highest BCUT2D eigenvalue weighted by atomic mass is 35.5. The fourth-order valence-corrected chi connectivity index (χ4v) is 1.97. The molecule has 2 aromatic rings. The van der Waals surface area contributed by atoms with Gasteiger partial charge in [0.2, 0.25) is 5.88 Å². The lowest BCUT2D eigenvalue weighted by Crippen LogP contribution is -1.96. The first-order chi connectivity index (χ1) is 7.81. The van der Waals surface area contributed by atoms with Crippen LogP contribution in [0.1, 0.15) is 10.4 Å². The fraction of sp³-hybridized carbons (Fsp3) is 0.0909. The number of hydrogen-bond acceptors (Lipinski definition) is 4. The van der Waals surface area contributed by atoms with Crippen molar-refractivity contribution in [3.8, 4) is 11.9 Å². The maximum atomic E-state index is 8.78. The van der Waals surface area contributed by atoms with E-state index < -0.39 is 0 Å². The molecule has 0 amide bonds. The second kappa shape index (κ2) is 4.97. The predicted molar refractivity (Wildman–Crippen MR) is 62.6 cm³/mol. The maximum absolute atomic E-state index is 8.78. The van der Waals surface area contributed by atoms with E-state index >= 15 is 0 Å². The first-order valence-corrected chi connectivity index (χ1v) is 5.77. The van der Waals surface area contributed by atoms with Crippen molar-refractivity contribution in [2.75, 3.05) is 0 Å².